The molecule has 0 spiro atoms. The Balaban J connectivity index is 3.39. The average molecular weight is 198 g/mol. The number of rotatable bonds is 7. The van der Waals surface area contributed by atoms with E-state index in [1.54, 1.807) is 18.2 Å². The zero-order valence-corrected chi connectivity index (χ0v) is 7.85. The molecule has 14 heavy (non-hydrogen) atoms. The van der Waals surface area contributed by atoms with Gasteiger partial charge in [-0.05, 0) is 12.8 Å². The molecule has 0 aromatic heterocycles. The van der Waals surface area contributed by atoms with Crippen LogP contribution in [0.15, 0.2) is 24.3 Å². The summed E-state index contributed by atoms with van der Waals surface area (Å²) >= 11 is 0. The molecule has 0 atom stereocenters. The van der Waals surface area contributed by atoms with Gasteiger partial charge in [0, 0.05) is 6.42 Å². The first-order valence-electron chi connectivity index (χ1n) is 4.36. The molecule has 0 fully saturated rings. The molecule has 0 heterocycles. The second-order valence-electron chi connectivity index (χ2n) is 2.71. The molecule has 0 aliphatic heterocycles. The summed E-state index contributed by atoms with van der Waals surface area (Å²) in [5.41, 5.74) is 0. The van der Waals surface area contributed by atoms with E-state index < -0.39 is 11.9 Å². The maximum Gasteiger partial charge on any atom is 0.307 e. The van der Waals surface area contributed by atoms with E-state index >= 15 is 0 Å². The predicted octanol–water partition coefficient (Wildman–Crippen LogP) is 1.83. The van der Waals surface area contributed by atoms with Crippen LogP contribution in [0.5, 0.6) is 0 Å². The van der Waals surface area contributed by atoms with Crippen LogP contribution in [-0.4, -0.2) is 22.2 Å². The molecule has 0 aliphatic rings. The molecule has 0 rings (SSSR count). The highest BCUT2D eigenvalue weighted by molar-refractivity contribution is 5.68. The molecule has 0 bridgehead atoms. The molecule has 4 nitrogen and oxygen atoms in total. The van der Waals surface area contributed by atoms with Crippen molar-refractivity contribution < 1.29 is 19.8 Å². The van der Waals surface area contributed by atoms with Gasteiger partial charge in [0.2, 0.25) is 0 Å². The Morgan fingerprint density at radius 3 is 2.14 bits per heavy atom. The molecule has 0 aliphatic carbocycles. The van der Waals surface area contributed by atoms with Crippen LogP contribution in [-0.2, 0) is 9.59 Å². The Morgan fingerprint density at radius 2 is 1.57 bits per heavy atom. The van der Waals surface area contributed by atoms with E-state index in [0.717, 1.165) is 0 Å². The van der Waals surface area contributed by atoms with Crippen molar-refractivity contribution in [3.05, 3.63) is 24.3 Å². The Kier molecular flexibility index (Phi) is 7.13. The van der Waals surface area contributed by atoms with Crippen LogP contribution in [0.1, 0.15) is 25.7 Å². The zero-order chi connectivity index (χ0) is 10.8. The van der Waals surface area contributed by atoms with Crippen LogP contribution in [0.2, 0.25) is 0 Å². The standard InChI is InChI=1S/C10H14O4/c11-9(12)7-5-3-1-2-4-6-8-10(13)14/h1,3-4,6H,2,5,7-8H2,(H,11,12)(H,13,14)/b3-1+,6-4+. The summed E-state index contributed by atoms with van der Waals surface area (Å²) in [4.78, 5) is 20.2. The van der Waals surface area contributed by atoms with Crippen molar-refractivity contribution in [1.82, 2.24) is 0 Å². The van der Waals surface area contributed by atoms with E-state index in [-0.39, 0.29) is 12.8 Å². The van der Waals surface area contributed by atoms with E-state index in [9.17, 15) is 9.59 Å². The van der Waals surface area contributed by atoms with E-state index in [0.29, 0.717) is 12.8 Å². The quantitative estimate of drug-likeness (QED) is 0.612. The molecule has 2 N–H and O–H groups in total. The molecule has 78 valence electrons. The minimum Gasteiger partial charge on any atom is -0.481 e. The van der Waals surface area contributed by atoms with E-state index in [4.69, 9.17) is 10.2 Å². The summed E-state index contributed by atoms with van der Waals surface area (Å²) in [7, 11) is 0. The van der Waals surface area contributed by atoms with Crippen LogP contribution in [0, 0.1) is 0 Å². The minimum atomic E-state index is -0.851. The summed E-state index contributed by atoms with van der Waals surface area (Å²) in [6, 6.07) is 0. The van der Waals surface area contributed by atoms with Crippen LogP contribution in [0.3, 0.4) is 0 Å². The van der Waals surface area contributed by atoms with Gasteiger partial charge in [0.15, 0.2) is 0 Å². The van der Waals surface area contributed by atoms with Crippen molar-refractivity contribution >= 4 is 11.9 Å². The van der Waals surface area contributed by atoms with E-state index in [1.165, 1.54) is 0 Å². The van der Waals surface area contributed by atoms with Crippen molar-refractivity contribution in [3.8, 4) is 0 Å². The number of allylic oxidation sites excluding steroid dienone is 3. The van der Waals surface area contributed by atoms with Crippen LogP contribution >= 0.6 is 0 Å². The lowest BCUT2D eigenvalue weighted by Crippen LogP contribution is -1.91. The summed E-state index contributed by atoms with van der Waals surface area (Å²) < 4.78 is 0. The maximum atomic E-state index is 10.1. The molecule has 0 aromatic rings. The fourth-order valence-electron chi connectivity index (χ4n) is 0.780. The number of carboxylic acid groups (broad SMARTS) is 2. The predicted molar refractivity (Wildman–Crippen MR) is 52.0 cm³/mol. The molecular formula is C10H14O4. The smallest absolute Gasteiger partial charge is 0.307 e. The van der Waals surface area contributed by atoms with Gasteiger partial charge < -0.3 is 10.2 Å². The largest absolute Gasteiger partial charge is 0.481 e. The maximum absolute atomic E-state index is 10.1. The van der Waals surface area contributed by atoms with Gasteiger partial charge in [-0.3, -0.25) is 9.59 Å². The topological polar surface area (TPSA) is 74.6 Å². The molecule has 0 amide bonds. The monoisotopic (exact) mass is 198 g/mol. The molecule has 0 saturated heterocycles. The van der Waals surface area contributed by atoms with E-state index in [2.05, 4.69) is 0 Å². The Bertz CT molecular complexity index is 241. The van der Waals surface area contributed by atoms with Crippen LogP contribution in [0.25, 0.3) is 0 Å². The van der Waals surface area contributed by atoms with Gasteiger partial charge >= 0.3 is 11.9 Å². The first kappa shape index (κ1) is 12.4. The number of hydrogen-bond donors (Lipinski definition) is 2. The molecule has 0 saturated carbocycles. The van der Waals surface area contributed by atoms with E-state index in [1.807, 2.05) is 6.08 Å². The van der Waals surface area contributed by atoms with Gasteiger partial charge in [-0.15, -0.1) is 0 Å². The Morgan fingerprint density at radius 1 is 0.929 bits per heavy atom. The number of carbonyl (C=O) groups is 2. The first-order chi connectivity index (χ1) is 6.63. The molecule has 0 radical (unpaired) electrons. The fourth-order valence-corrected chi connectivity index (χ4v) is 0.780. The second-order valence-corrected chi connectivity index (χ2v) is 2.71. The Labute approximate surface area is 82.6 Å². The highest BCUT2D eigenvalue weighted by Crippen LogP contribution is 1.94. The van der Waals surface area contributed by atoms with Crippen molar-refractivity contribution in [1.29, 1.82) is 0 Å². The third-order valence-corrected chi connectivity index (χ3v) is 1.42. The lowest BCUT2D eigenvalue weighted by molar-refractivity contribution is -0.137. The van der Waals surface area contributed by atoms with Crippen LogP contribution < -0.4 is 0 Å². The molecule has 0 aromatic carbocycles. The highest BCUT2D eigenvalue weighted by atomic mass is 16.4. The molecular weight excluding hydrogens is 184 g/mol. The number of aliphatic carboxylic acids is 2. The second kappa shape index (κ2) is 8.04. The van der Waals surface area contributed by atoms with Crippen LogP contribution in [0.4, 0.5) is 0 Å². The lowest BCUT2D eigenvalue weighted by Gasteiger charge is -1.86. The van der Waals surface area contributed by atoms with Crippen molar-refractivity contribution in [2.75, 3.05) is 0 Å². The lowest BCUT2D eigenvalue weighted by atomic mass is 10.2. The third-order valence-electron chi connectivity index (χ3n) is 1.42. The Hall–Kier alpha value is -1.58. The van der Waals surface area contributed by atoms with Gasteiger partial charge in [0.25, 0.3) is 0 Å². The highest BCUT2D eigenvalue weighted by Gasteiger charge is 1.91. The fraction of sp³-hybridized carbons (Fsp3) is 0.400. The normalized spacial score (nSPS) is 11.1. The van der Waals surface area contributed by atoms with Gasteiger partial charge in [-0.2, -0.15) is 0 Å². The van der Waals surface area contributed by atoms with Crippen molar-refractivity contribution in [2.45, 2.75) is 25.7 Å². The van der Waals surface area contributed by atoms with Gasteiger partial charge in [0.1, 0.15) is 0 Å². The first-order valence-corrected chi connectivity index (χ1v) is 4.36. The zero-order valence-electron chi connectivity index (χ0n) is 7.85. The van der Waals surface area contributed by atoms with Gasteiger partial charge in [-0.1, -0.05) is 24.3 Å². The van der Waals surface area contributed by atoms with Crippen molar-refractivity contribution in [3.63, 3.8) is 0 Å². The SMILES string of the molecule is O=C(O)C/C=C/C/C=C/CCC(=O)O. The summed E-state index contributed by atoms with van der Waals surface area (Å²) in [5, 5.41) is 16.6. The third kappa shape index (κ3) is 10.4. The average Bonchev–Trinajstić information content (AvgIpc) is 2.08. The summed E-state index contributed by atoms with van der Waals surface area (Å²) in [6.45, 7) is 0. The van der Waals surface area contributed by atoms with Crippen molar-refractivity contribution in [2.24, 2.45) is 0 Å². The summed E-state index contributed by atoms with van der Waals surface area (Å²) in [6.07, 6.45) is 8.24. The minimum absolute atomic E-state index is 0.0307. The molecule has 4 heteroatoms. The summed E-state index contributed by atoms with van der Waals surface area (Å²) in [5.74, 6) is -1.66. The molecule has 0 unspecified atom stereocenters. The number of carboxylic acids is 2. The van der Waals surface area contributed by atoms with Gasteiger partial charge in [-0.25, -0.2) is 0 Å². The van der Waals surface area contributed by atoms with Gasteiger partial charge in [0.05, 0.1) is 6.42 Å². The number of hydrogen-bond acceptors (Lipinski definition) is 2.